The highest BCUT2D eigenvalue weighted by Gasteiger charge is 2.37. The molecule has 2 amide bonds. The number of anilines is 2. The summed E-state index contributed by atoms with van der Waals surface area (Å²) in [5.74, 6) is -3.18. The maximum atomic E-state index is 12.9. The molecule has 2 unspecified atom stereocenters. The summed E-state index contributed by atoms with van der Waals surface area (Å²) in [5.41, 5.74) is 2.96. The van der Waals surface area contributed by atoms with E-state index in [1.807, 2.05) is 13.8 Å². The van der Waals surface area contributed by atoms with Gasteiger partial charge in [-0.25, -0.2) is 0 Å². The average Bonchev–Trinajstić information content (AvgIpc) is 3.13. The zero-order valence-corrected chi connectivity index (χ0v) is 17.6. The third-order valence-electron chi connectivity index (χ3n) is 5.17. The van der Waals surface area contributed by atoms with Gasteiger partial charge in [0.15, 0.2) is 0 Å². The molecule has 0 saturated heterocycles. The standard InChI is InChI=1S/C21H21ClN2O4S/c1-11-9-16(17(21(27)28)10-12(11)2)19(26)24-20-15(7-8-29-20)18(25)23-14-5-3-13(22)4-6-14/h3-8,16-17H,9-10H2,1-2H3,(H,23,25)(H,24,26)(H,27,28). The van der Waals surface area contributed by atoms with Crippen LogP contribution in [0.5, 0.6) is 0 Å². The molecule has 1 aliphatic rings. The molecule has 3 N–H and O–H groups in total. The zero-order valence-electron chi connectivity index (χ0n) is 16.0. The number of hydrogen-bond donors (Lipinski definition) is 3. The molecule has 0 aliphatic heterocycles. The van der Waals surface area contributed by atoms with E-state index in [9.17, 15) is 19.5 Å². The summed E-state index contributed by atoms with van der Waals surface area (Å²) in [6, 6.07) is 8.32. The van der Waals surface area contributed by atoms with Crippen LogP contribution >= 0.6 is 22.9 Å². The van der Waals surface area contributed by atoms with Gasteiger partial charge in [0.1, 0.15) is 5.00 Å². The maximum Gasteiger partial charge on any atom is 0.307 e. The third kappa shape index (κ3) is 4.86. The summed E-state index contributed by atoms with van der Waals surface area (Å²) in [6.45, 7) is 3.82. The van der Waals surface area contributed by atoms with Crippen LogP contribution in [0.15, 0.2) is 46.9 Å². The normalized spacial score (nSPS) is 19.0. The molecular weight excluding hydrogens is 412 g/mol. The van der Waals surface area contributed by atoms with E-state index in [2.05, 4.69) is 10.6 Å². The van der Waals surface area contributed by atoms with Gasteiger partial charge in [-0.2, -0.15) is 0 Å². The number of thiophene rings is 1. The fourth-order valence-electron chi connectivity index (χ4n) is 3.35. The Balaban J connectivity index is 1.75. The molecule has 1 heterocycles. The molecule has 8 heteroatoms. The minimum absolute atomic E-state index is 0.324. The summed E-state index contributed by atoms with van der Waals surface area (Å²) in [7, 11) is 0. The van der Waals surface area contributed by atoms with Crippen LogP contribution in [-0.2, 0) is 9.59 Å². The molecule has 1 aromatic carbocycles. The number of rotatable bonds is 5. The number of aliphatic carboxylic acids is 1. The van der Waals surface area contributed by atoms with Crippen molar-refractivity contribution in [2.45, 2.75) is 26.7 Å². The van der Waals surface area contributed by atoms with Gasteiger partial charge in [0, 0.05) is 10.7 Å². The number of carbonyl (C=O) groups excluding carboxylic acids is 2. The molecule has 152 valence electrons. The number of carboxylic acid groups (broad SMARTS) is 1. The largest absolute Gasteiger partial charge is 0.481 e. The van der Waals surface area contributed by atoms with Gasteiger partial charge in [-0.15, -0.1) is 11.3 Å². The van der Waals surface area contributed by atoms with Crippen LogP contribution < -0.4 is 10.6 Å². The molecule has 2 atom stereocenters. The van der Waals surface area contributed by atoms with Crippen molar-refractivity contribution in [3.8, 4) is 0 Å². The molecule has 1 aliphatic carbocycles. The van der Waals surface area contributed by atoms with Crippen molar-refractivity contribution < 1.29 is 19.5 Å². The summed E-state index contributed by atoms with van der Waals surface area (Å²) in [6.07, 6.45) is 0.750. The van der Waals surface area contributed by atoms with Crippen LogP contribution in [0.1, 0.15) is 37.0 Å². The SMILES string of the molecule is CC1=C(C)CC(C(=O)Nc2sccc2C(=O)Nc2ccc(Cl)cc2)C(C(=O)O)C1. The van der Waals surface area contributed by atoms with Gasteiger partial charge in [-0.3, -0.25) is 14.4 Å². The minimum atomic E-state index is -0.983. The monoisotopic (exact) mass is 432 g/mol. The lowest BCUT2D eigenvalue weighted by atomic mass is 9.76. The van der Waals surface area contributed by atoms with Gasteiger partial charge in [-0.05, 0) is 62.4 Å². The molecule has 0 bridgehead atoms. The molecular formula is C21H21ClN2O4S. The number of carboxylic acids is 1. The van der Waals surface area contributed by atoms with Gasteiger partial charge in [0.25, 0.3) is 5.91 Å². The third-order valence-corrected chi connectivity index (χ3v) is 6.25. The van der Waals surface area contributed by atoms with E-state index in [1.54, 1.807) is 35.7 Å². The van der Waals surface area contributed by atoms with E-state index in [1.165, 1.54) is 11.3 Å². The van der Waals surface area contributed by atoms with Crippen molar-refractivity contribution >= 4 is 51.4 Å². The van der Waals surface area contributed by atoms with Crippen molar-refractivity contribution in [1.29, 1.82) is 0 Å². The molecule has 0 fully saturated rings. The topological polar surface area (TPSA) is 95.5 Å². The lowest BCUT2D eigenvalue weighted by Crippen LogP contribution is -2.36. The van der Waals surface area contributed by atoms with Gasteiger partial charge in [0.05, 0.1) is 17.4 Å². The lowest BCUT2D eigenvalue weighted by Gasteiger charge is -2.29. The Hall–Kier alpha value is -2.64. The number of halogens is 1. The van der Waals surface area contributed by atoms with Crippen molar-refractivity contribution in [3.05, 3.63) is 57.4 Å². The van der Waals surface area contributed by atoms with Crippen LogP contribution in [0.4, 0.5) is 10.7 Å². The number of amides is 2. The zero-order chi connectivity index (χ0) is 21.1. The predicted octanol–water partition coefficient (Wildman–Crippen LogP) is 5.04. The van der Waals surface area contributed by atoms with E-state index in [0.29, 0.717) is 34.1 Å². The Labute approximate surface area is 177 Å². The average molecular weight is 433 g/mol. The molecule has 1 aromatic heterocycles. The smallest absolute Gasteiger partial charge is 0.307 e. The fourth-order valence-corrected chi connectivity index (χ4v) is 4.26. The lowest BCUT2D eigenvalue weighted by molar-refractivity contribution is -0.146. The van der Waals surface area contributed by atoms with Crippen molar-refractivity contribution in [2.24, 2.45) is 11.8 Å². The molecule has 3 rings (SSSR count). The number of benzene rings is 1. The number of allylic oxidation sites excluding steroid dienone is 2. The quantitative estimate of drug-likeness (QED) is 0.577. The highest BCUT2D eigenvalue weighted by Crippen LogP contribution is 2.36. The molecule has 0 radical (unpaired) electrons. The first-order valence-electron chi connectivity index (χ1n) is 9.09. The number of carbonyl (C=O) groups is 3. The predicted molar refractivity (Wildman–Crippen MR) is 115 cm³/mol. The molecule has 0 saturated carbocycles. The second-order valence-electron chi connectivity index (χ2n) is 7.13. The first kappa shape index (κ1) is 21.1. The summed E-state index contributed by atoms with van der Waals surface area (Å²) in [5, 5.41) is 17.7. The first-order chi connectivity index (χ1) is 13.8. The van der Waals surface area contributed by atoms with Gasteiger partial charge >= 0.3 is 5.97 Å². The van der Waals surface area contributed by atoms with Crippen LogP contribution in [-0.4, -0.2) is 22.9 Å². The molecule has 6 nitrogen and oxygen atoms in total. The Morgan fingerprint density at radius 3 is 2.24 bits per heavy atom. The van der Waals surface area contributed by atoms with Gasteiger partial charge < -0.3 is 15.7 Å². The fraction of sp³-hybridized carbons (Fsp3) is 0.286. The maximum absolute atomic E-state index is 12.9. The Morgan fingerprint density at radius 2 is 1.62 bits per heavy atom. The number of hydrogen-bond acceptors (Lipinski definition) is 4. The van der Waals surface area contributed by atoms with E-state index >= 15 is 0 Å². The molecule has 29 heavy (non-hydrogen) atoms. The van der Waals surface area contributed by atoms with Crippen LogP contribution in [0, 0.1) is 11.8 Å². The first-order valence-corrected chi connectivity index (χ1v) is 10.4. The van der Waals surface area contributed by atoms with Gasteiger partial charge in [0.2, 0.25) is 5.91 Å². The van der Waals surface area contributed by atoms with Crippen LogP contribution in [0.2, 0.25) is 5.02 Å². The van der Waals surface area contributed by atoms with Crippen molar-refractivity contribution in [2.75, 3.05) is 10.6 Å². The van der Waals surface area contributed by atoms with E-state index in [0.717, 1.165) is 11.1 Å². The highest BCUT2D eigenvalue weighted by atomic mass is 35.5. The number of nitrogens with one attached hydrogen (secondary N) is 2. The van der Waals surface area contributed by atoms with Crippen molar-refractivity contribution in [1.82, 2.24) is 0 Å². The molecule has 2 aromatic rings. The van der Waals surface area contributed by atoms with E-state index in [4.69, 9.17) is 11.6 Å². The van der Waals surface area contributed by atoms with E-state index < -0.39 is 17.8 Å². The minimum Gasteiger partial charge on any atom is -0.481 e. The van der Waals surface area contributed by atoms with Crippen LogP contribution in [0.25, 0.3) is 0 Å². The second kappa shape index (κ2) is 8.80. The Kier molecular flexibility index (Phi) is 6.39. The van der Waals surface area contributed by atoms with E-state index in [-0.39, 0.29) is 11.8 Å². The highest BCUT2D eigenvalue weighted by molar-refractivity contribution is 7.14. The van der Waals surface area contributed by atoms with Crippen LogP contribution in [0.3, 0.4) is 0 Å². The Morgan fingerprint density at radius 1 is 1.00 bits per heavy atom. The second-order valence-corrected chi connectivity index (χ2v) is 8.49. The van der Waals surface area contributed by atoms with Crippen molar-refractivity contribution in [3.63, 3.8) is 0 Å². The van der Waals surface area contributed by atoms with Gasteiger partial charge in [-0.1, -0.05) is 22.7 Å². The summed E-state index contributed by atoms with van der Waals surface area (Å²) >= 11 is 7.07. The molecule has 0 spiro atoms. The summed E-state index contributed by atoms with van der Waals surface area (Å²) < 4.78 is 0. The summed E-state index contributed by atoms with van der Waals surface area (Å²) in [4.78, 5) is 37.1. The Bertz CT molecular complexity index is 981.